The van der Waals surface area contributed by atoms with E-state index < -0.39 is 9.84 Å². The first-order chi connectivity index (χ1) is 18.5. The summed E-state index contributed by atoms with van der Waals surface area (Å²) in [6.07, 6.45) is 8.18. The molecule has 3 aliphatic rings. The van der Waals surface area contributed by atoms with Gasteiger partial charge in [-0.2, -0.15) is 0 Å². The van der Waals surface area contributed by atoms with E-state index in [1.807, 2.05) is 6.07 Å². The van der Waals surface area contributed by atoms with E-state index in [1.165, 1.54) is 18.1 Å². The zero-order chi connectivity index (χ0) is 27.8. The van der Waals surface area contributed by atoms with E-state index in [9.17, 15) is 18.0 Å². The number of hydrogen-bond donors (Lipinski definition) is 1. The summed E-state index contributed by atoms with van der Waals surface area (Å²) < 4.78 is 23.7. The average Bonchev–Trinajstić information content (AvgIpc) is 3.11. The van der Waals surface area contributed by atoms with Gasteiger partial charge in [0.25, 0.3) is 0 Å². The highest BCUT2D eigenvalue weighted by atomic mass is 32.2. The SMILES string of the molecule is CN(C)[C@]1(c2ccccc2)CC[C@]2(CC1)CN(CC(=O)Nc1cccc(S(C)(=O)=O)n1)C(=O)N2CC1CCC1. The molecular weight excluding hydrogens is 514 g/mol. The molecule has 0 radical (unpaired) electrons. The van der Waals surface area contributed by atoms with E-state index in [-0.39, 0.29) is 40.4 Å². The molecule has 1 aromatic carbocycles. The molecule has 1 spiro atoms. The molecule has 0 bridgehead atoms. The monoisotopic (exact) mass is 553 g/mol. The Bertz CT molecular complexity index is 1320. The third-order valence-electron chi connectivity index (χ3n) is 9.11. The Labute approximate surface area is 231 Å². The van der Waals surface area contributed by atoms with Gasteiger partial charge in [0, 0.05) is 24.9 Å². The largest absolute Gasteiger partial charge is 0.321 e. The van der Waals surface area contributed by atoms with Crippen LogP contribution in [0.25, 0.3) is 0 Å². The fraction of sp³-hybridized carbons (Fsp3) is 0.552. The van der Waals surface area contributed by atoms with Crippen LogP contribution >= 0.6 is 0 Å². The number of rotatable bonds is 8. The van der Waals surface area contributed by atoms with Crippen LogP contribution in [0, 0.1) is 5.92 Å². The van der Waals surface area contributed by atoms with Gasteiger partial charge < -0.3 is 15.1 Å². The molecule has 39 heavy (non-hydrogen) atoms. The van der Waals surface area contributed by atoms with Crippen LogP contribution in [0.2, 0.25) is 0 Å². The van der Waals surface area contributed by atoms with Crippen molar-refractivity contribution in [2.45, 2.75) is 61.0 Å². The Morgan fingerprint density at radius 1 is 1.05 bits per heavy atom. The molecule has 5 rings (SSSR count). The topological polar surface area (TPSA) is 103 Å². The van der Waals surface area contributed by atoms with Crippen molar-refractivity contribution in [2.24, 2.45) is 5.92 Å². The fourth-order valence-corrected chi connectivity index (χ4v) is 7.15. The van der Waals surface area contributed by atoms with Gasteiger partial charge in [-0.1, -0.05) is 42.8 Å². The van der Waals surface area contributed by atoms with E-state index in [4.69, 9.17) is 0 Å². The van der Waals surface area contributed by atoms with Crippen molar-refractivity contribution in [1.82, 2.24) is 19.7 Å². The van der Waals surface area contributed by atoms with Crippen LogP contribution < -0.4 is 5.32 Å². The normalized spacial score (nSPS) is 25.8. The molecular formula is C29H39N5O4S. The van der Waals surface area contributed by atoms with E-state index in [0.717, 1.165) is 51.3 Å². The smallest absolute Gasteiger partial charge is 0.317 e. The Balaban J connectivity index is 1.33. The van der Waals surface area contributed by atoms with E-state index in [2.05, 4.69) is 58.5 Å². The lowest BCUT2D eigenvalue weighted by molar-refractivity contribution is -0.116. The van der Waals surface area contributed by atoms with E-state index >= 15 is 0 Å². The first kappa shape index (κ1) is 27.6. The predicted octanol–water partition coefficient (Wildman–Crippen LogP) is 3.73. The molecule has 10 heteroatoms. The highest BCUT2D eigenvalue weighted by molar-refractivity contribution is 7.90. The van der Waals surface area contributed by atoms with Crippen molar-refractivity contribution in [1.29, 1.82) is 0 Å². The van der Waals surface area contributed by atoms with Gasteiger partial charge in [-0.05, 0) is 76.2 Å². The van der Waals surface area contributed by atoms with Crippen LogP contribution in [0.5, 0.6) is 0 Å². The summed E-state index contributed by atoms with van der Waals surface area (Å²) in [5.74, 6) is 0.300. The van der Waals surface area contributed by atoms with Gasteiger partial charge in [-0.25, -0.2) is 18.2 Å². The summed E-state index contributed by atoms with van der Waals surface area (Å²) in [6.45, 7) is 1.17. The second-order valence-corrected chi connectivity index (χ2v) is 13.7. The highest BCUT2D eigenvalue weighted by Gasteiger charge is 2.55. The average molecular weight is 554 g/mol. The molecule has 1 aromatic heterocycles. The van der Waals surface area contributed by atoms with Crippen LogP contribution in [0.1, 0.15) is 50.5 Å². The summed E-state index contributed by atoms with van der Waals surface area (Å²) in [5, 5.41) is 2.58. The molecule has 1 aliphatic heterocycles. The zero-order valence-electron chi connectivity index (χ0n) is 23.1. The zero-order valence-corrected chi connectivity index (χ0v) is 23.9. The molecule has 2 saturated carbocycles. The summed E-state index contributed by atoms with van der Waals surface area (Å²) in [5.41, 5.74) is 0.925. The third-order valence-corrected chi connectivity index (χ3v) is 10.1. The van der Waals surface area contributed by atoms with Crippen LogP contribution in [0.4, 0.5) is 10.6 Å². The lowest BCUT2D eigenvalue weighted by atomic mass is 9.68. The molecule has 210 valence electrons. The molecule has 1 saturated heterocycles. The van der Waals surface area contributed by atoms with Crippen molar-refractivity contribution >= 4 is 27.6 Å². The van der Waals surface area contributed by atoms with E-state index in [0.29, 0.717) is 12.5 Å². The second kappa shape index (κ2) is 10.5. The molecule has 2 aliphatic carbocycles. The Hall–Kier alpha value is -2.98. The van der Waals surface area contributed by atoms with Crippen molar-refractivity contribution in [3.8, 4) is 0 Å². The molecule has 0 atom stereocenters. The number of aromatic nitrogens is 1. The van der Waals surface area contributed by atoms with E-state index in [1.54, 1.807) is 17.0 Å². The number of amides is 3. The number of nitrogens with one attached hydrogen (secondary N) is 1. The van der Waals surface area contributed by atoms with Gasteiger partial charge in [0.2, 0.25) is 5.91 Å². The quantitative estimate of drug-likeness (QED) is 0.535. The van der Waals surface area contributed by atoms with Crippen molar-refractivity contribution < 1.29 is 18.0 Å². The van der Waals surface area contributed by atoms with Crippen LogP contribution in [-0.4, -0.2) is 85.6 Å². The number of nitrogens with zero attached hydrogens (tertiary/aromatic N) is 4. The van der Waals surface area contributed by atoms with Gasteiger partial charge in [0.1, 0.15) is 12.4 Å². The summed E-state index contributed by atoms with van der Waals surface area (Å²) in [7, 11) is 0.779. The summed E-state index contributed by atoms with van der Waals surface area (Å²) >= 11 is 0. The predicted molar refractivity (Wildman–Crippen MR) is 150 cm³/mol. The number of sulfone groups is 1. The maximum atomic E-state index is 13.8. The van der Waals surface area contributed by atoms with Gasteiger partial charge in [0.05, 0.1) is 5.54 Å². The lowest BCUT2D eigenvalue weighted by Crippen LogP contribution is -2.56. The summed E-state index contributed by atoms with van der Waals surface area (Å²) in [6, 6.07) is 15.0. The summed E-state index contributed by atoms with van der Waals surface area (Å²) in [4.78, 5) is 36.9. The Morgan fingerprint density at radius 2 is 1.74 bits per heavy atom. The van der Waals surface area contributed by atoms with Gasteiger partial charge in [-0.15, -0.1) is 0 Å². The number of carbonyl (C=O) groups excluding carboxylic acids is 2. The van der Waals surface area contributed by atoms with Crippen molar-refractivity contribution in [3.05, 3.63) is 54.1 Å². The maximum absolute atomic E-state index is 13.8. The maximum Gasteiger partial charge on any atom is 0.321 e. The van der Waals surface area contributed by atoms with Crippen LogP contribution in [-0.2, 0) is 20.2 Å². The van der Waals surface area contributed by atoms with Gasteiger partial charge in [-0.3, -0.25) is 9.69 Å². The van der Waals surface area contributed by atoms with Crippen LogP contribution in [0.15, 0.2) is 53.6 Å². The fourth-order valence-electron chi connectivity index (χ4n) is 6.56. The molecule has 0 unspecified atom stereocenters. The number of benzene rings is 1. The first-order valence-corrected chi connectivity index (χ1v) is 15.7. The molecule has 2 aromatic rings. The molecule has 9 nitrogen and oxygen atoms in total. The number of anilines is 1. The number of carbonyl (C=O) groups is 2. The molecule has 2 heterocycles. The number of hydrogen-bond acceptors (Lipinski definition) is 6. The molecule has 3 fully saturated rings. The van der Waals surface area contributed by atoms with Gasteiger partial charge >= 0.3 is 6.03 Å². The van der Waals surface area contributed by atoms with Crippen molar-refractivity contribution in [2.75, 3.05) is 45.3 Å². The second-order valence-electron chi connectivity index (χ2n) is 11.7. The minimum atomic E-state index is -3.50. The first-order valence-electron chi connectivity index (χ1n) is 13.8. The standard InChI is InChI=1S/C29H39N5O4S/c1-32(2)29(23-11-5-4-6-12-23)17-15-28(16-18-29)21-33(27(36)34(28)19-22-9-7-10-22)20-25(35)30-24-13-8-14-26(31-24)39(3,37)38/h4-6,8,11-14,22H,7,9-10,15-21H2,1-3H3,(H,30,31,35)/t28-,29+. The minimum absolute atomic E-state index is 0.0769. The number of urea groups is 1. The number of pyridine rings is 1. The molecule has 3 amide bonds. The lowest BCUT2D eigenvalue weighted by Gasteiger charge is -2.51. The van der Waals surface area contributed by atoms with Gasteiger partial charge in [0.15, 0.2) is 14.9 Å². The Morgan fingerprint density at radius 3 is 2.33 bits per heavy atom. The highest BCUT2D eigenvalue weighted by Crippen LogP contribution is 2.49. The Kier molecular flexibility index (Phi) is 7.45. The van der Waals surface area contributed by atoms with Crippen molar-refractivity contribution in [3.63, 3.8) is 0 Å². The molecule has 1 N–H and O–H groups in total. The minimum Gasteiger partial charge on any atom is -0.317 e. The third kappa shape index (κ3) is 5.41. The van der Waals surface area contributed by atoms with Crippen LogP contribution in [0.3, 0.4) is 0 Å².